The lowest BCUT2D eigenvalue weighted by molar-refractivity contribution is -0.00317. The number of rotatable bonds is 1. The third-order valence-corrected chi connectivity index (χ3v) is 5.16. The molecule has 2 aliphatic heterocycles. The number of fused-ring (bicyclic) bond motifs is 2. The van der Waals surface area contributed by atoms with Crippen LogP contribution in [-0.2, 0) is 13.0 Å². The molecule has 0 spiro atoms. The maximum absolute atomic E-state index is 10.9. The molecule has 0 bridgehead atoms. The summed E-state index contributed by atoms with van der Waals surface area (Å²) >= 11 is 0. The van der Waals surface area contributed by atoms with Gasteiger partial charge in [-0.05, 0) is 43.0 Å². The van der Waals surface area contributed by atoms with Gasteiger partial charge in [-0.25, -0.2) is 0 Å². The number of ether oxygens (including phenoxy) is 1. The van der Waals surface area contributed by atoms with Crippen molar-refractivity contribution in [1.82, 2.24) is 4.90 Å². The Kier molecular flexibility index (Phi) is 3.63. The second kappa shape index (κ2) is 5.66. The normalized spacial score (nSPS) is 23.8. The number of aliphatic hydroxyl groups excluding tert-OH is 1. The van der Waals surface area contributed by atoms with Gasteiger partial charge < -0.3 is 9.84 Å². The Hall–Kier alpha value is -1.84. The molecular weight excluding hydrogens is 286 g/mol. The van der Waals surface area contributed by atoms with Gasteiger partial charge in [-0.2, -0.15) is 0 Å². The average molecular weight is 309 g/mol. The molecule has 0 radical (unpaired) electrons. The van der Waals surface area contributed by atoms with Crippen LogP contribution in [0.2, 0.25) is 0 Å². The summed E-state index contributed by atoms with van der Waals surface area (Å²) in [7, 11) is 0. The van der Waals surface area contributed by atoms with Gasteiger partial charge in [-0.3, -0.25) is 4.90 Å². The van der Waals surface area contributed by atoms with E-state index in [-0.39, 0.29) is 6.04 Å². The first kappa shape index (κ1) is 14.7. The number of benzene rings is 2. The molecule has 0 saturated heterocycles. The third-order valence-electron chi connectivity index (χ3n) is 5.16. The number of aliphatic hydroxyl groups is 1. The molecule has 0 fully saturated rings. The van der Waals surface area contributed by atoms with Gasteiger partial charge in [0.15, 0.2) is 0 Å². The van der Waals surface area contributed by atoms with Crippen LogP contribution in [0.4, 0.5) is 0 Å². The van der Waals surface area contributed by atoms with Crippen LogP contribution in [-0.4, -0.2) is 29.2 Å². The van der Waals surface area contributed by atoms with Crippen molar-refractivity contribution in [3.63, 3.8) is 0 Å². The number of nitrogens with zero attached hydrogens (tertiary/aromatic N) is 1. The van der Waals surface area contributed by atoms with Gasteiger partial charge in [0.2, 0.25) is 0 Å². The van der Waals surface area contributed by atoms with Gasteiger partial charge in [0.25, 0.3) is 0 Å². The van der Waals surface area contributed by atoms with Gasteiger partial charge in [0, 0.05) is 18.7 Å². The van der Waals surface area contributed by atoms with Gasteiger partial charge >= 0.3 is 0 Å². The highest BCUT2D eigenvalue weighted by molar-refractivity contribution is 5.47. The fourth-order valence-corrected chi connectivity index (χ4v) is 3.98. The summed E-state index contributed by atoms with van der Waals surface area (Å²) in [6, 6.07) is 12.8. The Labute approximate surface area is 137 Å². The minimum atomic E-state index is -0.484. The van der Waals surface area contributed by atoms with E-state index >= 15 is 0 Å². The minimum absolute atomic E-state index is 0.0251. The Balaban J connectivity index is 1.62. The van der Waals surface area contributed by atoms with Crippen molar-refractivity contribution >= 4 is 0 Å². The van der Waals surface area contributed by atoms with E-state index in [9.17, 15) is 5.11 Å². The zero-order chi connectivity index (χ0) is 16.0. The summed E-state index contributed by atoms with van der Waals surface area (Å²) in [6.45, 7) is 6.54. The van der Waals surface area contributed by atoms with Gasteiger partial charge in [0.1, 0.15) is 18.5 Å². The smallest absolute Gasteiger partial charge is 0.128 e. The molecule has 4 rings (SSSR count). The second-order valence-corrected chi connectivity index (χ2v) is 6.81. The van der Waals surface area contributed by atoms with Crippen molar-refractivity contribution in [2.24, 2.45) is 0 Å². The summed E-state index contributed by atoms with van der Waals surface area (Å²) in [5.41, 5.74) is 6.03. The maximum Gasteiger partial charge on any atom is 0.128 e. The van der Waals surface area contributed by atoms with Crippen molar-refractivity contribution in [1.29, 1.82) is 0 Å². The van der Waals surface area contributed by atoms with Crippen molar-refractivity contribution < 1.29 is 9.84 Å². The van der Waals surface area contributed by atoms with Crippen molar-refractivity contribution in [2.75, 3.05) is 13.2 Å². The first-order valence-electron chi connectivity index (χ1n) is 8.36. The SMILES string of the molecule is Cc1cc(C)c2c(c1)C(O)C(N1CCc3ccccc3C1)CO2. The monoisotopic (exact) mass is 309 g/mol. The first-order valence-corrected chi connectivity index (χ1v) is 8.36. The Morgan fingerprint density at radius 1 is 1.13 bits per heavy atom. The van der Waals surface area contributed by atoms with Gasteiger partial charge in [0.05, 0.1) is 6.04 Å². The fourth-order valence-electron chi connectivity index (χ4n) is 3.98. The number of hydrogen-bond acceptors (Lipinski definition) is 3. The zero-order valence-corrected chi connectivity index (χ0v) is 13.7. The molecule has 2 aromatic rings. The molecule has 120 valence electrons. The highest BCUT2D eigenvalue weighted by Crippen LogP contribution is 2.38. The zero-order valence-electron chi connectivity index (χ0n) is 13.7. The van der Waals surface area contributed by atoms with Crippen LogP contribution in [0, 0.1) is 13.8 Å². The Morgan fingerprint density at radius 3 is 2.74 bits per heavy atom. The highest BCUT2D eigenvalue weighted by atomic mass is 16.5. The highest BCUT2D eigenvalue weighted by Gasteiger charge is 2.35. The van der Waals surface area contributed by atoms with Gasteiger partial charge in [-0.1, -0.05) is 35.9 Å². The fraction of sp³-hybridized carbons (Fsp3) is 0.400. The van der Waals surface area contributed by atoms with Crippen LogP contribution in [0.5, 0.6) is 5.75 Å². The first-order chi connectivity index (χ1) is 11.1. The summed E-state index contributed by atoms with van der Waals surface area (Å²) in [6.07, 6.45) is 0.557. The Bertz CT molecular complexity index is 740. The summed E-state index contributed by atoms with van der Waals surface area (Å²) in [4.78, 5) is 2.37. The average Bonchev–Trinajstić information content (AvgIpc) is 2.55. The molecule has 2 aromatic carbocycles. The van der Waals surface area contributed by atoms with E-state index in [1.54, 1.807) is 0 Å². The quantitative estimate of drug-likeness (QED) is 0.878. The lowest BCUT2D eigenvalue weighted by Gasteiger charge is -2.41. The Morgan fingerprint density at radius 2 is 1.91 bits per heavy atom. The minimum Gasteiger partial charge on any atom is -0.491 e. The molecule has 1 N–H and O–H groups in total. The number of aryl methyl sites for hydroxylation is 2. The molecule has 0 saturated carbocycles. The molecule has 0 amide bonds. The summed E-state index contributed by atoms with van der Waals surface area (Å²) in [5.74, 6) is 0.872. The standard InChI is InChI=1S/C20H23NO2/c1-13-9-14(2)20-17(10-13)19(22)18(12-23-20)21-8-7-15-5-3-4-6-16(15)11-21/h3-6,9-10,18-19,22H,7-8,11-12H2,1-2H3. The lowest BCUT2D eigenvalue weighted by Crippen LogP contribution is -2.48. The predicted molar refractivity (Wildman–Crippen MR) is 90.7 cm³/mol. The predicted octanol–water partition coefficient (Wildman–Crippen LogP) is 3.16. The molecule has 23 heavy (non-hydrogen) atoms. The van der Waals surface area contributed by atoms with E-state index < -0.39 is 6.10 Å². The van der Waals surface area contributed by atoms with E-state index in [1.807, 2.05) is 0 Å². The van der Waals surface area contributed by atoms with Crippen molar-refractivity contribution in [3.8, 4) is 5.75 Å². The molecule has 2 unspecified atom stereocenters. The van der Waals surface area contributed by atoms with Crippen LogP contribution in [0.3, 0.4) is 0 Å². The summed E-state index contributed by atoms with van der Waals surface area (Å²) in [5, 5.41) is 10.9. The third kappa shape index (κ3) is 2.54. The van der Waals surface area contributed by atoms with E-state index in [0.29, 0.717) is 6.61 Å². The lowest BCUT2D eigenvalue weighted by atomic mass is 9.91. The molecule has 2 heterocycles. The molecular formula is C20H23NO2. The number of hydrogen-bond donors (Lipinski definition) is 1. The van der Waals surface area contributed by atoms with Crippen molar-refractivity contribution in [2.45, 2.75) is 39.0 Å². The van der Waals surface area contributed by atoms with Crippen LogP contribution in [0.15, 0.2) is 36.4 Å². The van der Waals surface area contributed by atoms with Crippen molar-refractivity contribution in [3.05, 3.63) is 64.2 Å². The topological polar surface area (TPSA) is 32.7 Å². The van der Waals surface area contributed by atoms with E-state index in [0.717, 1.165) is 36.4 Å². The van der Waals surface area contributed by atoms with Crippen LogP contribution in [0.1, 0.15) is 33.9 Å². The molecule has 3 nitrogen and oxygen atoms in total. The largest absolute Gasteiger partial charge is 0.491 e. The van der Waals surface area contributed by atoms with E-state index in [2.05, 4.69) is 55.1 Å². The summed E-state index contributed by atoms with van der Waals surface area (Å²) < 4.78 is 6.03. The van der Waals surface area contributed by atoms with Crippen LogP contribution < -0.4 is 4.74 Å². The second-order valence-electron chi connectivity index (χ2n) is 6.81. The van der Waals surface area contributed by atoms with Crippen LogP contribution in [0.25, 0.3) is 0 Å². The molecule has 0 aliphatic carbocycles. The van der Waals surface area contributed by atoms with E-state index in [4.69, 9.17) is 4.74 Å². The molecule has 0 aromatic heterocycles. The maximum atomic E-state index is 10.9. The van der Waals surface area contributed by atoms with Gasteiger partial charge in [-0.15, -0.1) is 0 Å². The molecule has 3 heteroatoms. The van der Waals surface area contributed by atoms with Crippen LogP contribution >= 0.6 is 0 Å². The van der Waals surface area contributed by atoms with E-state index in [1.165, 1.54) is 16.7 Å². The molecule has 2 aliphatic rings. The molecule has 2 atom stereocenters.